The van der Waals surface area contributed by atoms with Crippen molar-refractivity contribution in [2.24, 2.45) is 0 Å². The van der Waals surface area contributed by atoms with Gasteiger partial charge in [-0.05, 0) is 42.3 Å². The predicted octanol–water partition coefficient (Wildman–Crippen LogP) is 4.17. The number of morpholine rings is 1. The summed E-state index contributed by atoms with van der Waals surface area (Å²) in [5.41, 5.74) is 3.74. The van der Waals surface area contributed by atoms with Crippen molar-refractivity contribution < 1.29 is 23.9 Å². The first kappa shape index (κ1) is 24.5. The van der Waals surface area contributed by atoms with Crippen LogP contribution in [0.4, 0.5) is 10.5 Å². The summed E-state index contributed by atoms with van der Waals surface area (Å²) in [5, 5.41) is 2.89. The van der Waals surface area contributed by atoms with E-state index in [0.717, 1.165) is 11.1 Å². The Morgan fingerprint density at radius 2 is 1.68 bits per heavy atom. The summed E-state index contributed by atoms with van der Waals surface area (Å²) in [6, 6.07) is 23.0. The van der Waals surface area contributed by atoms with Gasteiger partial charge in [0, 0.05) is 24.3 Å². The second-order valence-electron chi connectivity index (χ2n) is 9.25. The van der Waals surface area contributed by atoms with Gasteiger partial charge in [0.25, 0.3) is 5.91 Å². The second-order valence-corrected chi connectivity index (χ2v) is 9.25. The lowest BCUT2D eigenvalue weighted by Crippen LogP contribution is -2.51. The summed E-state index contributed by atoms with van der Waals surface area (Å²) in [4.78, 5) is 42.8. The number of ether oxygens (including phenoxy) is 2. The highest BCUT2D eigenvalue weighted by Gasteiger charge is 2.48. The van der Waals surface area contributed by atoms with Gasteiger partial charge in [-0.25, -0.2) is 4.79 Å². The van der Waals surface area contributed by atoms with Crippen LogP contribution in [0.1, 0.15) is 33.2 Å². The van der Waals surface area contributed by atoms with Crippen molar-refractivity contribution >= 4 is 23.6 Å². The van der Waals surface area contributed by atoms with Gasteiger partial charge in [0.05, 0.1) is 19.8 Å². The van der Waals surface area contributed by atoms with E-state index in [2.05, 4.69) is 5.32 Å². The van der Waals surface area contributed by atoms with Crippen LogP contribution in [-0.4, -0.2) is 60.1 Å². The molecule has 2 atom stereocenters. The van der Waals surface area contributed by atoms with Crippen molar-refractivity contribution in [3.05, 3.63) is 101 Å². The van der Waals surface area contributed by atoms with Crippen LogP contribution in [0.15, 0.2) is 78.9 Å². The van der Waals surface area contributed by atoms with Gasteiger partial charge in [0.1, 0.15) is 0 Å². The van der Waals surface area contributed by atoms with E-state index in [9.17, 15) is 14.4 Å². The summed E-state index contributed by atoms with van der Waals surface area (Å²) < 4.78 is 11.2. The zero-order valence-electron chi connectivity index (χ0n) is 20.6. The largest absolute Gasteiger partial charge is 0.438 e. The fourth-order valence-corrected chi connectivity index (χ4v) is 4.64. The topological polar surface area (TPSA) is 88.2 Å². The van der Waals surface area contributed by atoms with Gasteiger partial charge in [-0.2, -0.15) is 0 Å². The molecule has 0 aliphatic carbocycles. The lowest BCUT2D eigenvalue weighted by Gasteiger charge is -2.33. The minimum absolute atomic E-state index is 0.176. The zero-order chi connectivity index (χ0) is 25.8. The first-order chi connectivity index (χ1) is 18.0. The molecule has 37 heavy (non-hydrogen) atoms. The quantitative estimate of drug-likeness (QED) is 0.550. The van der Waals surface area contributed by atoms with Crippen molar-refractivity contribution in [1.29, 1.82) is 0 Å². The van der Waals surface area contributed by atoms with E-state index in [-0.39, 0.29) is 18.4 Å². The first-order valence-corrected chi connectivity index (χ1v) is 12.4. The molecule has 3 aromatic rings. The van der Waals surface area contributed by atoms with E-state index in [4.69, 9.17) is 9.47 Å². The Hall–Kier alpha value is -4.17. The number of anilines is 1. The number of hydrogen-bond donors (Lipinski definition) is 1. The summed E-state index contributed by atoms with van der Waals surface area (Å²) in [6.45, 7) is 4.08. The van der Waals surface area contributed by atoms with Gasteiger partial charge in [-0.15, -0.1) is 0 Å². The molecule has 3 amide bonds. The van der Waals surface area contributed by atoms with Crippen LogP contribution < -0.4 is 5.32 Å². The molecule has 2 unspecified atom stereocenters. The fraction of sp³-hybridized carbons (Fsp3) is 0.276. The number of rotatable bonds is 6. The monoisotopic (exact) mass is 499 g/mol. The molecule has 2 aliphatic rings. The van der Waals surface area contributed by atoms with E-state index in [1.165, 1.54) is 4.90 Å². The van der Waals surface area contributed by atoms with Crippen LogP contribution in [0.2, 0.25) is 0 Å². The second kappa shape index (κ2) is 10.8. The third-order valence-corrected chi connectivity index (χ3v) is 6.64. The van der Waals surface area contributed by atoms with Gasteiger partial charge >= 0.3 is 6.09 Å². The molecule has 8 nitrogen and oxygen atoms in total. The number of carbonyl (C=O) groups is 3. The molecule has 0 radical (unpaired) electrons. The number of nitrogens with zero attached hydrogens (tertiary/aromatic N) is 2. The van der Waals surface area contributed by atoms with E-state index < -0.39 is 18.2 Å². The number of nitrogens with one attached hydrogen (secondary N) is 1. The predicted molar refractivity (Wildman–Crippen MR) is 138 cm³/mol. The first-order valence-electron chi connectivity index (χ1n) is 12.4. The number of aryl methyl sites for hydroxylation is 1. The van der Waals surface area contributed by atoms with Crippen LogP contribution in [0.25, 0.3) is 0 Å². The molecular weight excluding hydrogens is 470 g/mol. The van der Waals surface area contributed by atoms with Gasteiger partial charge in [-0.1, -0.05) is 60.2 Å². The lowest BCUT2D eigenvalue weighted by atomic mass is 9.99. The van der Waals surface area contributed by atoms with Gasteiger partial charge in [0.2, 0.25) is 5.91 Å². The smallest absolute Gasteiger partial charge is 0.411 e. The molecule has 0 spiro atoms. The van der Waals surface area contributed by atoms with E-state index >= 15 is 0 Å². The van der Waals surface area contributed by atoms with Crippen molar-refractivity contribution in [3.63, 3.8) is 0 Å². The molecule has 1 N–H and O–H groups in total. The third-order valence-electron chi connectivity index (χ3n) is 6.64. The number of carbonyl (C=O) groups excluding carboxylic acids is 3. The van der Waals surface area contributed by atoms with Crippen molar-refractivity contribution in [2.45, 2.75) is 25.6 Å². The Morgan fingerprint density at radius 1 is 0.946 bits per heavy atom. The summed E-state index contributed by atoms with van der Waals surface area (Å²) >= 11 is 0. The number of amides is 3. The molecular formula is C29H29N3O5. The van der Waals surface area contributed by atoms with Crippen LogP contribution in [0.5, 0.6) is 0 Å². The third kappa shape index (κ3) is 5.49. The summed E-state index contributed by atoms with van der Waals surface area (Å²) in [5.74, 6) is -0.423. The summed E-state index contributed by atoms with van der Waals surface area (Å²) in [7, 11) is 0. The molecule has 5 rings (SSSR count). The SMILES string of the molecule is Cc1ccc(CN2C(=O)OC(c3cccc(NC(=O)c4ccccc4)c3)C2C(=O)N2CCOCC2)cc1. The lowest BCUT2D eigenvalue weighted by molar-refractivity contribution is -0.141. The molecule has 3 aromatic carbocycles. The van der Waals surface area contributed by atoms with Crippen molar-refractivity contribution in [1.82, 2.24) is 9.80 Å². The Labute approximate surface area is 215 Å². The molecule has 2 aliphatic heterocycles. The molecule has 190 valence electrons. The van der Waals surface area contributed by atoms with Crippen LogP contribution >= 0.6 is 0 Å². The van der Waals surface area contributed by atoms with Gasteiger partial charge in [0.15, 0.2) is 12.1 Å². The van der Waals surface area contributed by atoms with Gasteiger partial charge < -0.3 is 19.7 Å². The van der Waals surface area contributed by atoms with Crippen molar-refractivity contribution in [2.75, 3.05) is 31.6 Å². The molecule has 2 heterocycles. The van der Waals surface area contributed by atoms with E-state index in [1.807, 2.05) is 43.3 Å². The fourth-order valence-electron chi connectivity index (χ4n) is 4.64. The average Bonchev–Trinajstić information content (AvgIpc) is 3.26. The zero-order valence-corrected chi connectivity index (χ0v) is 20.6. The minimum Gasteiger partial charge on any atom is -0.438 e. The molecule has 0 bridgehead atoms. The maximum Gasteiger partial charge on any atom is 0.411 e. The van der Waals surface area contributed by atoms with Crippen LogP contribution in [0.3, 0.4) is 0 Å². The maximum atomic E-state index is 13.8. The average molecular weight is 500 g/mol. The maximum absolute atomic E-state index is 13.8. The molecule has 0 saturated carbocycles. The standard InChI is InChI=1S/C29H29N3O5/c1-20-10-12-21(13-11-20)19-32-25(28(34)31-14-16-36-17-15-31)26(37-29(32)35)23-8-5-9-24(18-23)30-27(33)22-6-3-2-4-7-22/h2-13,18,25-26H,14-17,19H2,1H3,(H,30,33). The Balaban J connectivity index is 1.43. The minimum atomic E-state index is -0.841. The van der Waals surface area contributed by atoms with Crippen molar-refractivity contribution in [3.8, 4) is 0 Å². The number of cyclic esters (lactones) is 1. The van der Waals surface area contributed by atoms with Crippen LogP contribution in [-0.2, 0) is 20.8 Å². The van der Waals surface area contributed by atoms with Gasteiger partial charge in [-0.3, -0.25) is 14.5 Å². The normalized spacial score (nSPS) is 19.4. The number of benzene rings is 3. The number of hydrogen-bond acceptors (Lipinski definition) is 5. The Morgan fingerprint density at radius 3 is 2.41 bits per heavy atom. The summed E-state index contributed by atoms with van der Waals surface area (Å²) in [6.07, 6.45) is -1.36. The highest BCUT2D eigenvalue weighted by molar-refractivity contribution is 6.04. The van der Waals surface area contributed by atoms with Crippen LogP contribution in [0, 0.1) is 6.92 Å². The Bertz CT molecular complexity index is 1270. The molecule has 0 aromatic heterocycles. The molecule has 2 fully saturated rings. The highest BCUT2D eigenvalue weighted by Crippen LogP contribution is 2.36. The van der Waals surface area contributed by atoms with E-state index in [1.54, 1.807) is 47.4 Å². The highest BCUT2D eigenvalue weighted by atomic mass is 16.6. The molecule has 8 heteroatoms. The molecule has 2 saturated heterocycles. The Kier molecular flexibility index (Phi) is 7.18. The van der Waals surface area contributed by atoms with E-state index in [0.29, 0.717) is 43.1 Å².